The van der Waals surface area contributed by atoms with Crippen LogP contribution in [0.5, 0.6) is 5.75 Å². The third kappa shape index (κ3) is 3.27. The minimum Gasteiger partial charge on any atom is -0.489 e. The summed E-state index contributed by atoms with van der Waals surface area (Å²) in [5.41, 5.74) is 7.87. The van der Waals surface area contributed by atoms with E-state index in [-0.39, 0.29) is 12.3 Å². The Hall–Kier alpha value is -2.08. The third-order valence-electron chi connectivity index (χ3n) is 2.87. The highest BCUT2D eigenvalue weighted by Crippen LogP contribution is 2.26. The number of non-ortho nitro benzene ring substituents is 1. The molecule has 0 saturated heterocycles. The standard InChI is InChI=1S/C14H13BrN2O3/c1-9-2-3-11(15)7-14(9)20-8-10-6-12(17(18)19)4-5-13(10)16/h2-7H,8,16H2,1H3. The molecule has 0 bridgehead atoms. The molecule has 0 aromatic heterocycles. The highest BCUT2D eigenvalue weighted by molar-refractivity contribution is 9.10. The molecule has 104 valence electrons. The molecule has 2 N–H and O–H groups in total. The summed E-state index contributed by atoms with van der Waals surface area (Å²) >= 11 is 3.37. The van der Waals surface area contributed by atoms with Gasteiger partial charge in [0.2, 0.25) is 0 Å². The Kier molecular flexibility index (Phi) is 4.24. The number of hydrogen-bond acceptors (Lipinski definition) is 4. The van der Waals surface area contributed by atoms with Gasteiger partial charge in [0.05, 0.1) is 4.92 Å². The molecular formula is C14H13BrN2O3. The minimum atomic E-state index is -0.451. The van der Waals surface area contributed by atoms with Gasteiger partial charge in [-0.25, -0.2) is 0 Å². The zero-order valence-electron chi connectivity index (χ0n) is 10.8. The molecule has 0 aliphatic heterocycles. The first-order valence-corrected chi connectivity index (χ1v) is 6.68. The van der Waals surface area contributed by atoms with Crippen LogP contribution < -0.4 is 10.5 Å². The van der Waals surface area contributed by atoms with Crippen molar-refractivity contribution in [3.8, 4) is 5.75 Å². The maximum absolute atomic E-state index is 10.8. The fourth-order valence-corrected chi connectivity index (χ4v) is 2.06. The van der Waals surface area contributed by atoms with Gasteiger partial charge in [0, 0.05) is 27.9 Å². The molecule has 6 heteroatoms. The number of rotatable bonds is 4. The Morgan fingerprint density at radius 3 is 2.75 bits per heavy atom. The average Bonchev–Trinajstić information content (AvgIpc) is 2.41. The van der Waals surface area contributed by atoms with Crippen molar-refractivity contribution in [1.82, 2.24) is 0 Å². The molecule has 0 spiro atoms. The number of anilines is 1. The Morgan fingerprint density at radius 1 is 1.30 bits per heavy atom. The number of benzene rings is 2. The molecule has 0 aliphatic carbocycles. The Morgan fingerprint density at radius 2 is 2.05 bits per heavy atom. The van der Waals surface area contributed by atoms with Gasteiger partial charge in [0.1, 0.15) is 12.4 Å². The lowest BCUT2D eigenvalue weighted by Crippen LogP contribution is -2.02. The van der Waals surface area contributed by atoms with Gasteiger partial charge in [0.25, 0.3) is 5.69 Å². The second-order valence-corrected chi connectivity index (χ2v) is 5.25. The summed E-state index contributed by atoms with van der Waals surface area (Å²) in [6, 6.07) is 10.0. The summed E-state index contributed by atoms with van der Waals surface area (Å²) in [7, 11) is 0. The molecule has 2 aromatic rings. The summed E-state index contributed by atoms with van der Waals surface area (Å²) in [5, 5.41) is 10.8. The lowest BCUT2D eigenvalue weighted by atomic mass is 10.1. The first-order valence-electron chi connectivity index (χ1n) is 5.89. The number of nitrogens with zero attached hydrogens (tertiary/aromatic N) is 1. The van der Waals surface area contributed by atoms with Gasteiger partial charge in [-0.15, -0.1) is 0 Å². The molecule has 0 fully saturated rings. The number of nitro benzene ring substituents is 1. The predicted molar refractivity (Wildman–Crippen MR) is 80.7 cm³/mol. The molecule has 0 amide bonds. The van der Waals surface area contributed by atoms with Crippen LogP contribution in [0.15, 0.2) is 40.9 Å². The summed E-state index contributed by atoms with van der Waals surface area (Å²) in [6.45, 7) is 2.11. The van der Waals surface area contributed by atoms with Gasteiger partial charge in [-0.2, -0.15) is 0 Å². The Balaban J connectivity index is 2.20. The van der Waals surface area contributed by atoms with Gasteiger partial charge in [0.15, 0.2) is 0 Å². The number of halogens is 1. The maximum Gasteiger partial charge on any atom is 0.269 e. The fourth-order valence-electron chi connectivity index (χ4n) is 1.72. The monoisotopic (exact) mass is 336 g/mol. The second kappa shape index (κ2) is 5.92. The van der Waals surface area contributed by atoms with Crippen molar-refractivity contribution in [1.29, 1.82) is 0 Å². The van der Waals surface area contributed by atoms with Gasteiger partial charge in [-0.1, -0.05) is 22.0 Å². The van der Waals surface area contributed by atoms with Crippen LogP contribution in [0.1, 0.15) is 11.1 Å². The third-order valence-corrected chi connectivity index (χ3v) is 3.36. The molecule has 2 rings (SSSR count). The van der Waals surface area contributed by atoms with Crippen LogP contribution in [-0.2, 0) is 6.61 Å². The van der Waals surface area contributed by atoms with Crippen LogP contribution in [0.3, 0.4) is 0 Å². The topological polar surface area (TPSA) is 78.4 Å². The number of aryl methyl sites for hydroxylation is 1. The molecule has 2 aromatic carbocycles. The Labute approximate surface area is 124 Å². The smallest absolute Gasteiger partial charge is 0.269 e. The van der Waals surface area contributed by atoms with E-state index >= 15 is 0 Å². The molecule has 0 atom stereocenters. The molecule has 5 nitrogen and oxygen atoms in total. The summed E-state index contributed by atoms with van der Waals surface area (Å²) in [6.07, 6.45) is 0. The Bertz CT molecular complexity index is 659. The van der Waals surface area contributed by atoms with Crippen LogP contribution in [-0.4, -0.2) is 4.92 Å². The van der Waals surface area contributed by atoms with Crippen LogP contribution in [0, 0.1) is 17.0 Å². The van der Waals surface area contributed by atoms with E-state index < -0.39 is 4.92 Å². The minimum absolute atomic E-state index is 0.00349. The van der Waals surface area contributed by atoms with Crippen LogP contribution >= 0.6 is 15.9 Å². The molecule has 0 unspecified atom stereocenters. The highest BCUT2D eigenvalue weighted by atomic mass is 79.9. The first kappa shape index (κ1) is 14.3. The molecule has 0 aliphatic rings. The zero-order valence-corrected chi connectivity index (χ0v) is 12.4. The lowest BCUT2D eigenvalue weighted by Gasteiger charge is -2.11. The predicted octanol–water partition coefficient (Wildman–Crippen LogP) is 3.83. The quantitative estimate of drug-likeness (QED) is 0.522. The van der Waals surface area contributed by atoms with Crippen molar-refractivity contribution < 1.29 is 9.66 Å². The van der Waals surface area contributed by atoms with Gasteiger partial charge >= 0.3 is 0 Å². The van der Waals surface area contributed by atoms with Crippen molar-refractivity contribution >= 4 is 27.3 Å². The van der Waals surface area contributed by atoms with Crippen molar-refractivity contribution in [2.45, 2.75) is 13.5 Å². The first-order chi connectivity index (χ1) is 9.47. The van der Waals surface area contributed by atoms with Crippen molar-refractivity contribution in [3.05, 3.63) is 62.1 Å². The maximum atomic E-state index is 10.8. The summed E-state index contributed by atoms with van der Waals surface area (Å²) in [5.74, 6) is 0.713. The van der Waals surface area contributed by atoms with Gasteiger partial charge < -0.3 is 10.5 Å². The average molecular weight is 337 g/mol. The van der Waals surface area contributed by atoms with E-state index in [1.54, 1.807) is 0 Å². The normalized spacial score (nSPS) is 10.3. The van der Waals surface area contributed by atoms with Crippen molar-refractivity contribution in [3.63, 3.8) is 0 Å². The number of hydrogen-bond donors (Lipinski definition) is 1. The number of nitrogen functional groups attached to an aromatic ring is 1. The van der Waals surface area contributed by atoms with Crippen LogP contribution in [0.25, 0.3) is 0 Å². The second-order valence-electron chi connectivity index (χ2n) is 4.34. The fraction of sp³-hybridized carbons (Fsp3) is 0.143. The van der Waals surface area contributed by atoms with E-state index in [9.17, 15) is 10.1 Å². The molecule has 0 saturated carbocycles. The summed E-state index contributed by atoms with van der Waals surface area (Å²) < 4.78 is 6.59. The van der Waals surface area contributed by atoms with E-state index in [0.717, 1.165) is 10.0 Å². The number of nitro groups is 1. The molecule has 0 heterocycles. The van der Waals surface area contributed by atoms with Crippen molar-refractivity contribution in [2.24, 2.45) is 0 Å². The number of nitrogens with two attached hydrogens (primary N) is 1. The molecule has 0 radical (unpaired) electrons. The zero-order chi connectivity index (χ0) is 14.7. The van der Waals surface area contributed by atoms with Crippen LogP contribution in [0.2, 0.25) is 0 Å². The van der Waals surface area contributed by atoms with Gasteiger partial charge in [-0.05, 0) is 30.7 Å². The molecule has 20 heavy (non-hydrogen) atoms. The van der Waals surface area contributed by atoms with E-state index in [1.807, 2.05) is 25.1 Å². The van der Waals surface area contributed by atoms with Gasteiger partial charge in [-0.3, -0.25) is 10.1 Å². The van der Waals surface area contributed by atoms with Crippen LogP contribution in [0.4, 0.5) is 11.4 Å². The lowest BCUT2D eigenvalue weighted by molar-refractivity contribution is -0.384. The summed E-state index contributed by atoms with van der Waals surface area (Å²) in [4.78, 5) is 10.3. The highest BCUT2D eigenvalue weighted by Gasteiger charge is 2.10. The van der Waals surface area contributed by atoms with E-state index in [0.29, 0.717) is 17.0 Å². The van der Waals surface area contributed by atoms with E-state index in [4.69, 9.17) is 10.5 Å². The largest absolute Gasteiger partial charge is 0.489 e. The van der Waals surface area contributed by atoms with E-state index in [2.05, 4.69) is 15.9 Å². The van der Waals surface area contributed by atoms with Crippen molar-refractivity contribution in [2.75, 3.05) is 5.73 Å². The van der Waals surface area contributed by atoms with E-state index in [1.165, 1.54) is 18.2 Å². The SMILES string of the molecule is Cc1ccc(Br)cc1OCc1cc([N+](=O)[O-])ccc1N. The molecular weight excluding hydrogens is 324 g/mol. The number of ether oxygens (including phenoxy) is 1.